The molecule has 1 amide bonds. The van der Waals surface area contributed by atoms with Crippen LogP contribution in [-0.4, -0.2) is 28.9 Å². The number of hydrogen-bond acceptors (Lipinski definition) is 5. The Balaban J connectivity index is 1.92. The molecule has 1 fully saturated rings. The minimum atomic E-state index is -0.570. The molecule has 2 unspecified atom stereocenters. The number of nitrogens with zero attached hydrogens (tertiary/aromatic N) is 3. The number of anilines is 2. The third-order valence-electron chi connectivity index (χ3n) is 3.87. The first-order valence-corrected chi connectivity index (χ1v) is 7.37. The van der Waals surface area contributed by atoms with Crippen molar-refractivity contribution < 1.29 is 9.53 Å². The highest BCUT2D eigenvalue weighted by Crippen LogP contribution is 2.28. The summed E-state index contributed by atoms with van der Waals surface area (Å²) in [6, 6.07) is 11.4. The maximum Gasteiger partial charge on any atom is 0.254 e. The number of para-hydroxylation sites is 1. The van der Waals surface area contributed by atoms with Gasteiger partial charge in [0, 0.05) is 18.5 Å². The summed E-state index contributed by atoms with van der Waals surface area (Å²) in [4.78, 5) is 11.7. The van der Waals surface area contributed by atoms with Crippen molar-refractivity contribution in [3.63, 3.8) is 0 Å². The minimum absolute atomic E-state index is 0.200. The molecule has 0 radical (unpaired) electrons. The maximum atomic E-state index is 11.7. The summed E-state index contributed by atoms with van der Waals surface area (Å²) >= 11 is 0. The number of aromatic nitrogens is 2. The second-order valence-corrected chi connectivity index (χ2v) is 5.39. The van der Waals surface area contributed by atoms with E-state index in [2.05, 4.69) is 16.5 Å². The molecule has 1 aromatic carbocycles. The highest BCUT2D eigenvalue weighted by molar-refractivity contribution is 5.98. The lowest BCUT2D eigenvalue weighted by Crippen LogP contribution is -2.29. The SMILES string of the molecule is N#CC1CCOCC1n1cc(C(N)=O)c(Nc2ccccc2)n1. The lowest BCUT2D eigenvalue weighted by molar-refractivity contribution is 0.0342. The molecule has 23 heavy (non-hydrogen) atoms. The quantitative estimate of drug-likeness (QED) is 0.896. The number of carbonyl (C=O) groups is 1. The molecule has 0 aliphatic carbocycles. The molecule has 7 heteroatoms. The van der Waals surface area contributed by atoms with E-state index in [-0.39, 0.29) is 17.5 Å². The van der Waals surface area contributed by atoms with Crippen LogP contribution in [0.1, 0.15) is 22.8 Å². The molecule has 3 N–H and O–H groups in total. The topological polar surface area (TPSA) is 106 Å². The number of ether oxygens (including phenoxy) is 1. The lowest BCUT2D eigenvalue weighted by Gasteiger charge is -2.26. The zero-order chi connectivity index (χ0) is 16.2. The van der Waals surface area contributed by atoms with E-state index in [1.54, 1.807) is 10.9 Å². The fourth-order valence-corrected chi connectivity index (χ4v) is 2.63. The van der Waals surface area contributed by atoms with Gasteiger partial charge in [-0.1, -0.05) is 18.2 Å². The normalized spacial score (nSPS) is 20.7. The average Bonchev–Trinajstić information content (AvgIpc) is 2.99. The van der Waals surface area contributed by atoms with Crippen molar-refractivity contribution in [2.45, 2.75) is 12.5 Å². The van der Waals surface area contributed by atoms with Gasteiger partial charge < -0.3 is 15.8 Å². The zero-order valence-corrected chi connectivity index (χ0v) is 12.5. The zero-order valence-electron chi connectivity index (χ0n) is 12.5. The Morgan fingerprint density at radius 2 is 2.22 bits per heavy atom. The van der Waals surface area contributed by atoms with E-state index in [0.717, 1.165) is 5.69 Å². The number of amides is 1. The molecule has 2 heterocycles. The molecule has 1 aliphatic heterocycles. The minimum Gasteiger partial charge on any atom is -0.379 e. The Morgan fingerprint density at radius 1 is 1.43 bits per heavy atom. The molecular formula is C16H17N5O2. The second kappa shape index (κ2) is 6.50. The van der Waals surface area contributed by atoms with Crippen LogP contribution in [0.5, 0.6) is 0 Å². The average molecular weight is 311 g/mol. The standard InChI is InChI=1S/C16H17N5O2/c17-8-11-6-7-23-10-14(11)21-9-13(15(18)22)16(20-21)19-12-4-2-1-3-5-12/h1-5,9,11,14H,6-7,10H2,(H2,18,22)(H,19,20). The van der Waals surface area contributed by atoms with Gasteiger partial charge >= 0.3 is 0 Å². The Kier molecular flexibility index (Phi) is 4.26. The van der Waals surface area contributed by atoms with Gasteiger partial charge in [0.1, 0.15) is 5.56 Å². The molecule has 118 valence electrons. The van der Waals surface area contributed by atoms with Gasteiger partial charge in [0.05, 0.1) is 24.6 Å². The van der Waals surface area contributed by atoms with E-state index in [9.17, 15) is 10.1 Å². The Hall–Kier alpha value is -2.85. The maximum absolute atomic E-state index is 11.7. The van der Waals surface area contributed by atoms with Crippen LogP contribution in [0.15, 0.2) is 36.5 Å². The lowest BCUT2D eigenvalue weighted by atomic mass is 9.97. The van der Waals surface area contributed by atoms with Crippen molar-refractivity contribution in [3.05, 3.63) is 42.1 Å². The predicted molar refractivity (Wildman–Crippen MR) is 84.0 cm³/mol. The summed E-state index contributed by atoms with van der Waals surface area (Å²) in [7, 11) is 0. The monoisotopic (exact) mass is 311 g/mol. The van der Waals surface area contributed by atoms with Crippen LogP contribution in [0.25, 0.3) is 0 Å². The molecule has 2 aromatic rings. The second-order valence-electron chi connectivity index (χ2n) is 5.39. The van der Waals surface area contributed by atoms with E-state index in [0.29, 0.717) is 25.5 Å². The van der Waals surface area contributed by atoms with Gasteiger partial charge in [-0.2, -0.15) is 10.4 Å². The number of benzene rings is 1. The molecule has 3 rings (SSSR count). The van der Waals surface area contributed by atoms with Crippen molar-refractivity contribution in [2.24, 2.45) is 11.7 Å². The van der Waals surface area contributed by atoms with Crippen LogP contribution in [0.3, 0.4) is 0 Å². The van der Waals surface area contributed by atoms with Gasteiger partial charge in [-0.25, -0.2) is 0 Å². The molecule has 0 saturated carbocycles. The van der Waals surface area contributed by atoms with Crippen molar-refractivity contribution in [2.75, 3.05) is 18.5 Å². The number of rotatable bonds is 4. The van der Waals surface area contributed by atoms with Crippen LogP contribution < -0.4 is 11.1 Å². The number of nitrogens with two attached hydrogens (primary N) is 1. The summed E-state index contributed by atoms with van der Waals surface area (Å²) in [5.41, 5.74) is 6.54. The first kappa shape index (κ1) is 15.1. The van der Waals surface area contributed by atoms with E-state index in [1.807, 2.05) is 30.3 Å². The summed E-state index contributed by atoms with van der Waals surface area (Å²) in [5, 5.41) is 16.8. The van der Waals surface area contributed by atoms with Gasteiger partial charge in [-0.05, 0) is 18.6 Å². The van der Waals surface area contributed by atoms with Gasteiger partial charge in [0.25, 0.3) is 5.91 Å². The van der Waals surface area contributed by atoms with Crippen molar-refractivity contribution in [1.29, 1.82) is 5.26 Å². The van der Waals surface area contributed by atoms with E-state index < -0.39 is 5.91 Å². The van der Waals surface area contributed by atoms with Gasteiger partial charge in [0.2, 0.25) is 0 Å². The van der Waals surface area contributed by atoms with Gasteiger partial charge in [-0.3, -0.25) is 9.48 Å². The smallest absolute Gasteiger partial charge is 0.254 e. The Labute approximate surface area is 133 Å². The fourth-order valence-electron chi connectivity index (χ4n) is 2.63. The van der Waals surface area contributed by atoms with Crippen molar-refractivity contribution in [3.8, 4) is 6.07 Å². The van der Waals surface area contributed by atoms with Crippen LogP contribution in [-0.2, 0) is 4.74 Å². The number of hydrogen-bond donors (Lipinski definition) is 2. The number of nitriles is 1. The summed E-state index contributed by atoms with van der Waals surface area (Å²) in [6.45, 7) is 0.955. The van der Waals surface area contributed by atoms with Gasteiger partial charge in [-0.15, -0.1) is 0 Å². The van der Waals surface area contributed by atoms with Crippen LogP contribution >= 0.6 is 0 Å². The van der Waals surface area contributed by atoms with Crippen molar-refractivity contribution in [1.82, 2.24) is 9.78 Å². The molecule has 1 aliphatic rings. The first-order valence-electron chi connectivity index (χ1n) is 7.37. The molecule has 2 atom stereocenters. The molecule has 0 bridgehead atoms. The number of primary amides is 1. The van der Waals surface area contributed by atoms with E-state index in [1.165, 1.54) is 0 Å². The Bertz CT molecular complexity index is 735. The summed E-state index contributed by atoms with van der Waals surface area (Å²) in [5.74, 6) is -0.389. The highest BCUT2D eigenvalue weighted by Gasteiger charge is 2.29. The largest absolute Gasteiger partial charge is 0.379 e. The van der Waals surface area contributed by atoms with Crippen LogP contribution in [0.4, 0.5) is 11.5 Å². The van der Waals surface area contributed by atoms with Crippen LogP contribution in [0, 0.1) is 17.2 Å². The fraction of sp³-hybridized carbons (Fsp3) is 0.312. The third-order valence-corrected chi connectivity index (χ3v) is 3.87. The number of nitrogens with one attached hydrogen (secondary N) is 1. The van der Waals surface area contributed by atoms with E-state index >= 15 is 0 Å². The predicted octanol–water partition coefficient (Wildman–Crippen LogP) is 1.83. The first-order chi connectivity index (χ1) is 11.2. The Morgan fingerprint density at radius 3 is 2.91 bits per heavy atom. The number of carbonyl (C=O) groups excluding carboxylic acids is 1. The molecule has 0 spiro atoms. The molecular weight excluding hydrogens is 294 g/mol. The van der Waals surface area contributed by atoms with Crippen molar-refractivity contribution >= 4 is 17.4 Å². The molecule has 7 nitrogen and oxygen atoms in total. The third kappa shape index (κ3) is 3.17. The van der Waals surface area contributed by atoms with Crippen LogP contribution in [0.2, 0.25) is 0 Å². The summed E-state index contributed by atoms with van der Waals surface area (Å²) < 4.78 is 7.06. The van der Waals surface area contributed by atoms with Gasteiger partial charge in [0.15, 0.2) is 5.82 Å². The van der Waals surface area contributed by atoms with E-state index in [4.69, 9.17) is 10.5 Å². The molecule has 1 aromatic heterocycles. The summed E-state index contributed by atoms with van der Waals surface area (Å²) in [6.07, 6.45) is 2.23. The highest BCUT2D eigenvalue weighted by atomic mass is 16.5. The molecule has 1 saturated heterocycles.